The molecular weight excluding hydrogens is 240 g/mol. The molecule has 4 nitrogen and oxygen atoms in total. The zero-order valence-electron chi connectivity index (χ0n) is 9.86. The molecule has 2 bridgehead atoms. The molecule has 0 N–H and O–H groups in total. The van der Waals surface area contributed by atoms with Gasteiger partial charge in [-0.3, -0.25) is 9.78 Å². The minimum Gasteiger partial charge on any atom is -0.335 e. The van der Waals surface area contributed by atoms with Gasteiger partial charge in [-0.15, -0.1) is 0 Å². The minimum atomic E-state index is -2.66. The standard InChI is InChI=1S/C12H12F2N3O/c1-17(12-2-7(3-12)4-12)11(18)9-6-15-8(5-16-9)10(13)14/h5-6,10H,2-4H2,1H3. The average molecular weight is 252 g/mol. The first-order valence-corrected chi connectivity index (χ1v) is 5.74. The van der Waals surface area contributed by atoms with Gasteiger partial charge in [-0.2, -0.15) is 0 Å². The monoisotopic (exact) mass is 252 g/mol. The third-order valence-electron chi connectivity index (χ3n) is 3.87. The van der Waals surface area contributed by atoms with Crippen molar-refractivity contribution in [3.05, 3.63) is 29.7 Å². The lowest BCUT2D eigenvalue weighted by Gasteiger charge is -2.65. The second kappa shape index (κ2) is 3.70. The number of hydrogen-bond donors (Lipinski definition) is 0. The van der Waals surface area contributed by atoms with Crippen LogP contribution in [0.15, 0.2) is 12.4 Å². The predicted molar refractivity (Wildman–Crippen MR) is 58.9 cm³/mol. The maximum absolute atomic E-state index is 12.3. The normalized spacial score (nSPS) is 20.2. The van der Waals surface area contributed by atoms with Crippen molar-refractivity contribution in [2.45, 2.75) is 31.2 Å². The van der Waals surface area contributed by atoms with E-state index in [0.29, 0.717) is 0 Å². The molecule has 0 unspecified atom stereocenters. The highest BCUT2D eigenvalue weighted by Gasteiger charge is 2.60. The Kier molecular flexibility index (Phi) is 2.36. The van der Waals surface area contributed by atoms with Crippen molar-refractivity contribution >= 4 is 5.91 Å². The number of carbonyl (C=O) groups excluding carboxylic acids is 1. The van der Waals surface area contributed by atoms with Gasteiger partial charge in [0.1, 0.15) is 11.4 Å². The fraction of sp³-hybridized carbons (Fsp3) is 0.500. The SMILES string of the molecule is CN(C(=O)c1cnc(C(F)F)cn1)C12C[C](C1)C2. The van der Waals surface area contributed by atoms with Gasteiger partial charge in [-0.25, -0.2) is 13.8 Å². The first-order chi connectivity index (χ1) is 8.52. The largest absolute Gasteiger partial charge is 0.335 e. The van der Waals surface area contributed by atoms with E-state index in [2.05, 4.69) is 9.97 Å². The van der Waals surface area contributed by atoms with Crippen molar-refractivity contribution in [1.29, 1.82) is 0 Å². The van der Waals surface area contributed by atoms with Gasteiger partial charge >= 0.3 is 0 Å². The van der Waals surface area contributed by atoms with E-state index >= 15 is 0 Å². The van der Waals surface area contributed by atoms with E-state index in [4.69, 9.17) is 0 Å². The summed E-state index contributed by atoms with van der Waals surface area (Å²) in [6.07, 6.45) is 2.34. The number of aromatic nitrogens is 2. The summed E-state index contributed by atoms with van der Waals surface area (Å²) in [5.41, 5.74) is -0.318. The predicted octanol–water partition coefficient (Wildman–Crippen LogP) is 2.00. The topological polar surface area (TPSA) is 46.1 Å². The lowest BCUT2D eigenvalue weighted by Crippen LogP contribution is -2.67. The van der Waals surface area contributed by atoms with E-state index in [-0.39, 0.29) is 17.1 Å². The maximum Gasteiger partial charge on any atom is 0.281 e. The molecule has 1 aromatic heterocycles. The van der Waals surface area contributed by atoms with Crippen LogP contribution in [0.4, 0.5) is 8.78 Å². The van der Waals surface area contributed by atoms with Crippen LogP contribution in [-0.4, -0.2) is 33.4 Å². The van der Waals surface area contributed by atoms with E-state index in [9.17, 15) is 13.6 Å². The van der Waals surface area contributed by atoms with Crippen LogP contribution in [0.25, 0.3) is 0 Å². The first-order valence-electron chi connectivity index (χ1n) is 5.74. The Morgan fingerprint density at radius 1 is 1.33 bits per heavy atom. The van der Waals surface area contributed by atoms with Gasteiger partial charge in [0.25, 0.3) is 12.3 Å². The molecule has 4 rings (SSSR count). The molecule has 1 radical (unpaired) electrons. The third kappa shape index (κ3) is 1.51. The summed E-state index contributed by atoms with van der Waals surface area (Å²) in [5, 5.41) is 0. The van der Waals surface area contributed by atoms with Crippen molar-refractivity contribution in [3.63, 3.8) is 0 Å². The number of nitrogens with zero attached hydrogens (tertiary/aromatic N) is 3. The molecule has 1 amide bonds. The molecule has 18 heavy (non-hydrogen) atoms. The molecule has 0 aliphatic heterocycles. The van der Waals surface area contributed by atoms with Gasteiger partial charge in [-0.1, -0.05) is 0 Å². The highest BCUT2D eigenvalue weighted by Crippen LogP contribution is 2.61. The Bertz CT molecular complexity index is 472. The molecule has 3 aliphatic carbocycles. The fourth-order valence-corrected chi connectivity index (χ4v) is 2.54. The van der Waals surface area contributed by atoms with Crippen LogP contribution >= 0.6 is 0 Å². The van der Waals surface area contributed by atoms with Crippen molar-refractivity contribution in [3.8, 4) is 0 Å². The van der Waals surface area contributed by atoms with Crippen molar-refractivity contribution in [2.24, 2.45) is 0 Å². The molecule has 3 fully saturated rings. The average Bonchev–Trinajstić information content (AvgIpc) is 2.24. The molecule has 3 saturated carbocycles. The molecule has 1 heterocycles. The molecule has 0 atom stereocenters. The van der Waals surface area contributed by atoms with Crippen LogP contribution in [0.5, 0.6) is 0 Å². The zero-order valence-corrected chi connectivity index (χ0v) is 9.86. The van der Waals surface area contributed by atoms with Crippen LogP contribution in [0, 0.1) is 5.92 Å². The number of carbonyl (C=O) groups is 1. The summed E-state index contributed by atoms with van der Waals surface area (Å²) in [5.74, 6) is 1.25. The quantitative estimate of drug-likeness (QED) is 0.826. The smallest absolute Gasteiger partial charge is 0.281 e. The summed E-state index contributed by atoms with van der Waals surface area (Å²) < 4.78 is 24.6. The number of halogens is 2. The van der Waals surface area contributed by atoms with E-state index in [1.165, 1.54) is 5.92 Å². The first kappa shape index (κ1) is 11.5. The Morgan fingerprint density at radius 2 is 2.00 bits per heavy atom. The van der Waals surface area contributed by atoms with E-state index in [1.807, 2.05) is 0 Å². The van der Waals surface area contributed by atoms with Crippen LogP contribution in [0.3, 0.4) is 0 Å². The maximum atomic E-state index is 12.3. The Hall–Kier alpha value is -1.59. The van der Waals surface area contributed by atoms with Gasteiger partial charge in [0.05, 0.1) is 12.4 Å². The number of amides is 1. The van der Waals surface area contributed by atoms with Crippen molar-refractivity contribution < 1.29 is 13.6 Å². The summed E-state index contributed by atoms with van der Waals surface area (Å²) >= 11 is 0. The Labute approximate surface area is 103 Å². The van der Waals surface area contributed by atoms with Gasteiger partial charge in [0.2, 0.25) is 0 Å². The molecule has 0 aromatic carbocycles. The van der Waals surface area contributed by atoms with Crippen LogP contribution in [-0.2, 0) is 0 Å². The number of alkyl halides is 2. The Balaban J connectivity index is 1.75. The lowest BCUT2D eigenvalue weighted by molar-refractivity contribution is -0.0217. The summed E-state index contributed by atoms with van der Waals surface area (Å²) in [7, 11) is 1.74. The second-order valence-corrected chi connectivity index (χ2v) is 5.00. The van der Waals surface area contributed by atoms with Gasteiger partial charge in [-0.05, 0) is 25.2 Å². The number of hydrogen-bond acceptors (Lipinski definition) is 3. The molecule has 6 heteroatoms. The molecule has 0 spiro atoms. The van der Waals surface area contributed by atoms with Crippen LogP contribution < -0.4 is 0 Å². The second-order valence-electron chi connectivity index (χ2n) is 5.00. The van der Waals surface area contributed by atoms with E-state index in [0.717, 1.165) is 31.7 Å². The molecular formula is C12H12F2N3O. The fourth-order valence-electron chi connectivity index (χ4n) is 2.54. The highest BCUT2D eigenvalue weighted by atomic mass is 19.3. The lowest BCUT2D eigenvalue weighted by atomic mass is 9.49. The van der Waals surface area contributed by atoms with Gasteiger partial charge < -0.3 is 4.90 Å². The van der Waals surface area contributed by atoms with Crippen LogP contribution in [0.1, 0.15) is 41.9 Å². The summed E-state index contributed by atoms with van der Waals surface area (Å²) in [6, 6.07) is 0. The zero-order chi connectivity index (χ0) is 12.9. The third-order valence-corrected chi connectivity index (χ3v) is 3.87. The Morgan fingerprint density at radius 3 is 2.39 bits per heavy atom. The van der Waals surface area contributed by atoms with Crippen molar-refractivity contribution in [1.82, 2.24) is 14.9 Å². The van der Waals surface area contributed by atoms with Crippen molar-refractivity contribution in [2.75, 3.05) is 7.05 Å². The molecule has 3 aliphatic rings. The molecule has 95 valence electrons. The van der Waals surface area contributed by atoms with E-state index < -0.39 is 12.1 Å². The van der Waals surface area contributed by atoms with E-state index in [1.54, 1.807) is 11.9 Å². The summed E-state index contributed by atoms with van der Waals surface area (Å²) in [4.78, 5) is 21.1. The minimum absolute atomic E-state index is 0.0323. The number of rotatable bonds is 3. The van der Waals surface area contributed by atoms with Crippen LogP contribution in [0.2, 0.25) is 0 Å². The highest BCUT2D eigenvalue weighted by molar-refractivity contribution is 5.92. The summed E-state index contributed by atoms with van der Waals surface area (Å²) in [6.45, 7) is 0. The van der Waals surface area contributed by atoms with Gasteiger partial charge in [0, 0.05) is 12.6 Å². The molecule has 1 aromatic rings. The molecule has 0 saturated heterocycles. The van der Waals surface area contributed by atoms with Gasteiger partial charge in [0.15, 0.2) is 0 Å².